The van der Waals surface area contributed by atoms with Crippen LogP contribution in [0.5, 0.6) is 0 Å². The number of nitrogens with zero attached hydrogens (tertiary/aromatic N) is 1. The molecule has 118 valence electrons. The largest absolute Gasteiger partial charge is 0.443 e. The number of carbonyl (C=O) groups excluding carboxylic acids is 3. The molecule has 0 N–H and O–H groups in total. The van der Waals surface area contributed by atoms with Crippen molar-refractivity contribution in [2.75, 3.05) is 0 Å². The molecule has 1 aromatic carbocycles. The number of benzene rings is 1. The molecule has 5 nitrogen and oxygen atoms in total. The van der Waals surface area contributed by atoms with E-state index in [1.165, 1.54) is 0 Å². The van der Waals surface area contributed by atoms with E-state index in [1.54, 1.807) is 20.8 Å². The Kier molecular flexibility index (Phi) is 4.64. The van der Waals surface area contributed by atoms with Crippen LogP contribution in [0.1, 0.15) is 39.2 Å². The summed E-state index contributed by atoms with van der Waals surface area (Å²) in [5, 5.41) is 0. The van der Waals surface area contributed by atoms with Gasteiger partial charge in [-0.15, -0.1) is 0 Å². The Bertz CT molecular complexity index is 574. The molecule has 1 heterocycles. The molecule has 0 aliphatic carbocycles. The molecular weight excluding hydrogens is 282 g/mol. The van der Waals surface area contributed by atoms with Crippen molar-refractivity contribution in [3.05, 3.63) is 35.9 Å². The van der Waals surface area contributed by atoms with Gasteiger partial charge in [-0.3, -0.25) is 9.59 Å². The van der Waals surface area contributed by atoms with E-state index in [2.05, 4.69) is 0 Å². The van der Waals surface area contributed by atoms with Gasteiger partial charge in [0, 0.05) is 6.42 Å². The van der Waals surface area contributed by atoms with Gasteiger partial charge in [-0.1, -0.05) is 30.3 Å². The fourth-order valence-corrected chi connectivity index (χ4v) is 2.50. The van der Waals surface area contributed by atoms with E-state index in [1.807, 2.05) is 30.3 Å². The van der Waals surface area contributed by atoms with Crippen molar-refractivity contribution in [2.45, 2.75) is 51.7 Å². The van der Waals surface area contributed by atoms with E-state index in [4.69, 9.17) is 4.74 Å². The molecule has 1 aliphatic rings. The molecule has 1 fully saturated rings. The highest BCUT2D eigenvalue weighted by atomic mass is 16.6. The lowest BCUT2D eigenvalue weighted by atomic mass is 9.95. The highest BCUT2D eigenvalue weighted by Crippen LogP contribution is 2.22. The number of carbonyl (C=O) groups is 3. The first-order valence-electron chi connectivity index (χ1n) is 7.37. The Morgan fingerprint density at radius 3 is 2.45 bits per heavy atom. The molecule has 2 rings (SSSR count). The fourth-order valence-electron chi connectivity index (χ4n) is 2.50. The number of ether oxygens (including phenoxy) is 1. The minimum absolute atomic E-state index is 0.134. The van der Waals surface area contributed by atoms with Crippen LogP contribution in [0.15, 0.2) is 30.3 Å². The highest BCUT2D eigenvalue weighted by molar-refractivity contribution is 6.06. The first-order chi connectivity index (χ1) is 10.3. The first-order valence-corrected chi connectivity index (χ1v) is 7.37. The molecule has 5 heteroatoms. The molecule has 0 saturated carbocycles. The van der Waals surface area contributed by atoms with E-state index in [9.17, 15) is 14.4 Å². The van der Waals surface area contributed by atoms with Gasteiger partial charge in [-0.05, 0) is 32.8 Å². The predicted molar refractivity (Wildman–Crippen MR) is 81.3 cm³/mol. The Balaban J connectivity index is 2.20. The van der Waals surface area contributed by atoms with Crippen molar-refractivity contribution < 1.29 is 19.1 Å². The van der Waals surface area contributed by atoms with Crippen molar-refractivity contribution in [2.24, 2.45) is 0 Å². The SMILES string of the molecule is CC(C)(C)OC(=O)N1C(=O)CC(=O)C[C@@H]1Cc1ccccc1. The number of hydrogen-bond acceptors (Lipinski definition) is 4. The number of hydrogen-bond donors (Lipinski definition) is 0. The number of amides is 2. The molecule has 1 aliphatic heterocycles. The Morgan fingerprint density at radius 1 is 1.23 bits per heavy atom. The smallest absolute Gasteiger partial charge is 0.417 e. The molecule has 0 radical (unpaired) electrons. The van der Waals surface area contributed by atoms with E-state index in [0.717, 1.165) is 10.5 Å². The standard InChI is InChI=1S/C17H21NO4/c1-17(2,3)22-16(21)18-13(10-14(19)11-15(18)20)9-12-7-5-4-6-8-12/h4-8,13H,9-11H2,1-3H3/t13-/m0/s1. The van der Waals surface area contributed by atoms with Gasteiger partial charge in [-0.25, -0.2) is 9.69 Å². The average molecular weight is 303 g/mol. The van der Waals surface area contributed by atoms with Crippen LogP contribution < -0.4 is 0 Å². The summed E-state index contributed by atoms with van der Waals surface area (Å²) in [6.45, 7) is 5.24. The van der Waals surface area contributed by atoms with Crippen molar-refractivity contribution in [1.29, 1.82) is 0 Å². The normalized spacial score (nSPS) is 19.2. The number of rotatable bonds is 2. The van der Waals surface area contributed by atoms with Crippen LogP contribution in [-0.2, 0) is 20.7 Å². The molecule has 1 saturated heterocycles. The summed E-state index contributed by atoms with van der Waals surface area (Å²) < 4.78 is 5.31. The molecule has 0 bridgehead atoms. The number of piperidine rings is 1. The van der Waals surface area contributed by atoms with E-state index in [0.29, 0.717) is 6.42 Å². The summed E-state index contributed by atoms with van der Waals surface area (Å²) in [6.07, 6.45) is -0.270. The quantitative estimate of drug-likeness (QED) is 0.788. The van der Waals surface area contributed by atoms with Gasteiger partial charge < -0.3 is 4.74 Å². The minimum atomic E-state index is -0.684. The van der Waals surface area contributed by atoms with Gasteiger partial charge >= 0.3 is 6.09 Å². The number of Topliss-reactive ketones (excluding diaryl/α,β-unsaturated/α-hetero) is 1. The fraction of sp³-hybridized carbons (Fsp3) is 0.471. The van der Waals surface area contributed by atoms with Crippen LogP contribution in [-0.4, -0.2) is 34.3 Å². The molecule has 0 spiro atoms. The number of likely N-dealkylation sites (tertiary alicyclic amines) is 1. The molecule has 1 atom stereocenters. The third-order valence-electron chi connectivity index (χ3n) is 3.35. The van der Waals surface area contributed by atoms with Crippen molar-refractivity contribution in [3.8, 4) is 0 Å². The van der Waals surface area contributed by atoms with Crippen LogP contribution in [0.4, 0.5) is 4.79 Å². The predicted octanol–water partition coefficient (Wildman–Crippen LogP) is 2.72. The second kappa shape index (κ2) is 6.30. The van der Waals surface area contributed by atoms with Gasteiger partial charge in [0.15, 0.2) is 0 Å². The Hall–Kier alpha value is -2.17. The molecule has 2 amide bonds. The van der Waals surface area contributed by atoms with Crippen molar-refractivity contribution >= 4 is 17.8 Å². The summed E-state index contributed by atoms with van der Waals surface area (Å²) in [5.41, 5.74) is 0.291. The maximum Gasteiger partial charge on any atom is 0.417 e. The zero-order valence-corrected chi connectivity index (χ0v) is 13.2. The van der Waals surface area contributed by atoms with E-state index in [-0.39, 0.29) is 18.6 Å². The highest BCUT2D eigenvalue weighted by Gasteiger charge is 2.39. The van der Waals surface area contributed by atoms with Crippen LogP contribution in [0, 0.1) is 0 Å². The summed E-state index contributed by atoms with van der Waals surface area (Å²) in [7, 11) is 0. The van der Waals surface area contributed by atoms with Gasteiger partial charge in [0.1, 0.15) is 11.4 Å². The summed E-state index contributed by atoms with van der Waals surface area (Å²) in [5.74, 6) is -0.614. The van der Waals surface area contributed by atoms with Crippen LogP contribution >= 0.6 is 0 Å². The van der Waals surface area contributed by atoms with Crippen LogP contribution in [0.25, 0.3) is 0 Å². The van der Waals surface area contributed by atoms with E-state index >= 15 is 0 Å². The van der Waals surface area contributed by atoms with Gasteiger partial charge in [0.25, 0.3) is 0 Å². The lowest BCUT2D eigenvalue weighted by molar-refractivity contribution is -0.141. The Morgan fingerprint density at radius 2 is 1.86 bits per heavy atom. The summed E-state index contributed by atoms with van der Waals surface area (Å²) in [4.78, 5) is 37.3. The summed E-state index contributed by atoms with van der Waals surface area (Å²) in [6, 6.07) is 9.02. The second-order valence-electron chi connectivity index (χ2n) is 6.51. The van der Waals surface area contributed by atoms with Gasteiger partial charge in [0.2, 0.25) is 5.91 Å². The molecule has 0 aromatic heterocycles. The number of imide groups is 1. The van der Waals surface area contributed by atoms with Crippen LogP contribution in [0.2, 0.25) is 0 Å². The first kappa shape index (κ1) is 16.2. The third kappa shape index (κ3) is 4.16. The zero-order valence-electron chi connectivity index (χ0n) is 13.2. The van der Waals surface area contributed by atoms with Crippen molar-refractivity contribution in [1.82, 2.24) is 4.90 Å². The van der Waals surface area contributed by atoms with Crippen LogP contribution in [0.3, 0.4) is 0 Å². The lowest BCUT2D eigenvalue weighted by Crippen LogP contribution is -2.52. The van der Waals surface area contributed by atoms with Crippen molar-refractivity contribution in [3.63, 3.8) is 0 Å². The molecule has 22 heavy (non-hydrogen) atoms. The van der Waals surface area contributed by atoms with Gasteiger partial charge in [-0.2, -0.15) is 0 Å². The zero-order chi connectivity index (χ0) is 16.3. The second-order valence-corrected chi connectivity index (χ2v) is 6.51. The maximum absolute atomic E-state index is 12.3. The monoisotopic (exact) mass is 303 g/mol. The van der Waals surface area contributed by atoms with E-state index < -0.39 is 23.6 Å². The number of ketones is 1. The topological polar surface area (TPSA) is 63.7 Å². The third-order valence-corrected chi connectivity index (χ3v) is 3.35. The minimum Gasteiger partial charge on any atom is -0.443 e. The Labute approximate surface area is 130 Å². The lowest BCUT2D eigenvalue weighted by Gasteiger charge is -2.34. The molecule has 0 unspecified atom stereocenters. The maximum atomic E-state index is 12.3. The average Bonchev–Trinajstić information content (AvgIpc) is 2.36. The molecule has 1 aromatic rings. The van der Waals surface area contributed by atoms with Gasteiger partial charge in [0.05, 0.1) is 12.5 Å². The summed E-state index contributed by atoms with van der Waals surface area (Å²) >= 11 is 0. The molecular formula is C17H21NO4.